The zero-order valence-corrected chi connectivity index (χ0v) is 12.5. The van der Waals surface area contributed by atoms with Crippen LogP contribution in [-0.4, -0.2) is 29.9 Å². The van der Waals surface area contributed by atoms with Gasteiger partial charge in [-0.3, -0.25) is 14.2 Å². The zero-order valence-electron chi connectivity index (χ0n) is 12.5. The molecule has 1 saturated carbocycles. The van der Waals surface area contributed by atoms with Crippen molar-refractivity contribution in [3.8, 4) is 22.8 Å². The van der Waals surface area contributed by atoms with Gasteiger partial charge in [0.1, 0.15) is 12.0 Å². The first-order chi connectivity index (χ1) is 11.8. The molecule has 8 heteroatoms. The molecule has 0 atom stereocenters. The minimum atomic E-state index is -0.612. The molecular weight excluding hydrogens is 308 g/mol. The van der Waals surface area contributed by atoms with Crippen LogP contribution in [0.3, 0.4) is 0 Å². The second-order valence-electron chi connectivity index (χ2n) is 5.83. The molecule has 3 heterocycles. The lowest BCUT2D eigenvalue weighted by Gasteiger charge is -2.04. The maximum absolute atomic E-state index is 11.1. The van der Waals surface area contributed by atoms with Gasteiger partial charge in [-0.2, -0.15) is 5.10 Å². The van der Waals surface area contributed by atoms with E-state index < -0.39 is 5.76 Å². The lowest BCUT2D eigenvalue weighted by Crippen LogP contribution is -1.96. The Hall–Kier alpha value is -3.29. The highest BCUT2D eigenvalue weighted by molar-refractivity contribution is 5.84. The fourth-order valence-corrected chi connectivity index (χ4v) is 2.81. The predicted octanol–water partition coefficient (Wildman–Crippen LogP) is 2.17. The lowest BCUT2D eigenvalue weighted by atomic mass is 10.1. The molecule has 0 bridgehead atoms. The Kier molecular flexibility index (Phi) is 2.66. The second-order valence-corrected chi connectivity index (χ2v) is 5.83. The van der Waals surface area contributed by atoms with Crippen LogP contribution in [0.25, 0.3) is 33.7 Å². The molecule has 24 heavy (non-hydrogen) atoms. The number of fused-ring (bicyclic) bond motifs is 1. The van der Waals surface area contributed by atoms with Crippen molar-refractivity contribution in [2.75, 3.05) is 0 Å². The third-order valence-electron chi connectivity index (χ3n) is 4.13. The Bertz CT molecular complexity index is 1100. The quantitative estimate of drug-likeness (QED) is 0.620. The number of nitrogens with zero attached hydrogens (tertiary/aromatic N) is 5. The van der Waals surface area contributed by atoms with Gasteiger partial charge in [0.15, 0.2) is 0 Å². The first-order valence-electron chi connectivity index (χ1n) is 7.64. The number of hydrogen-bond acceptors (Lipinski definition) is 6. The summed E-state index contributed by atoms with van der Waals surface area (Å²) in [4.78, 5) is 22.0. The maximum Gasteiger partial charge on any atom is 0.439 e. The topological polar surface area (TPSA) is 102 Å². The fraction of sp³-hybridized carbons (Fsp3) is 0.188. The van der Waals surface area contributed by atoms with Gasteiger partial charge in [0.05, 0.1) is 23.4 Å². The Labute approximate surface area is 135 Å². The summed E-state index contributed by atoms with van der Waals surface area (Å²) in [5.41, 5.74) is 3.33. The van der Waals surface area contributed by atoms with Gasteiger partial charge in [-0.25, -0.2) is 14.8 Å². The van der Waals surface area contributed by atoms with Crippen molar-refractivity contribution in [1.29, 1.82) is 0 Å². The Balaban J connectivity index is 1.58. The molecule has 1 N–H and O–H groups in total. The molecule has 3 aromatic heterocycles. The summed E-state index contributed by atoms with van der Waals surface area (Å²) in [7, 11) is 0. The van der Waals surface area contributed by atoms with E-state index in [0.717, 1.165) is 22.2 Å². The molecule has 5 rings (SSSR count). The summed E-state index contributed by atoms with van der Waals surface area (Å²) in [5, 5.41) is 9.21. The molecule has 1 aliphatic rings. The first kappa shape index (κ1) is 13.2. The predicted molar refractivity (Wildman–Crippen MR) is 85.1 cm³/mol. The monoisotopic (exact) mass is 320 g/mol. The molecule has 0 spiro atoms. The Morgan fingerprint density at radius 1 is 1.17 bits per heavy atom. The normalized spacial score (nSPS) is 14.3. The zero-order chi connectivity index (χ0) is 16.1. The molecule has 1 aromatic carbocycles. The molecule has 8 nitrogen and oxygen atoms in total. The summed E-state index contributed by atoms with van der Waals surface area (Å²) >= 11 is 0. The van der Waals surface area contributed by atoms with E-state index in [1.807, 2.05) is 12.3 Å². The Morgan fingerprint density at radius 2 is 2.04 bits per heavy atom. The molecule has 0 aliphatic heterocycles. The van der Waals surface area contributed by atoms with Crippen molar-refractivity contribution in [2.45, 2.75) is 18.9 Å². The highest BCUT2D eigenvalue weighted by Gasteiger charge is 2.25. The molecule has 0 saturated heterocycles. The number of aromatic nitrogens is 6. The number of H-pyrrole nitrogens is 1. The molecule has 4 aromatic rings. The third kappa shape index (κ3) is 2.11. The summed E-state index contributed by atoms with van der Waals surface area (Å²) in [6, 6.07) is 8.44. The van der Waals surface area contributed by atoms with Crippen molar-refractivity contribution in [1.82, 2.24) is 29.9 Å². The molecule has 0 radical (unpaired) electrons. The van der Waals surface area contributed by atoms with Crippen LogP contribution in [0.2, 0.25) is 0 Å². The van der Waals surface area contributed by atoms with Gasteiger partial charge in [-0.15, -0.1) is 0 Å². The minimum absolute atomic E-state index is 0.284. The van der Waals surface area contributed by atoms with Crippen LogP contribution in [0.4, 0.5) is 0 Å². The molecule has 0 amide bonds. The van der Waals surface area contributed by atoms with Crippen LogP contribution in [0.15, 0.2) is 46.1 Å². The van der Waals surface area contributed by atoms with Gasteiger partial charge in [0.25, 0.3) is 0 Å². The highest BCUT2D eigenvalue weighted by Crippen LogP contribution is 2.37. The van der Waals surface area contributed by atoms with Crippen molar-refractivity contribution in [3.05, 3.63) is 47.3 Å². The van der Waals surface area contributed by atoms with E-state index in [1.165, 1.54) is 19.2 Å². The molecular formula is C16H12N6O2. The number of rotatable bonds is 3. The summed E-state index contributed by atoms with van der Waals surface area (Å²) in [5.74, 6) is -0.328. The van der Waals surface area contributed by atoms with E-state index in [1.54, 1.807) is 6.07 Å². The molecule has 1 aliphatic carbocycles. The van der Waals surface area contributed by atoms with Gasteiger partial charge < -0.3 is 0 Å². The number of hydrogen-bond donors (Lipinski definition) is 1. The van der Waals surface area contributed by atoms with E-state index in [0.29, 0.717) is 11.7 Å². The molecule has 0 unspecified atom stereocenters. The van der Waals surface area contributed by atoms with Crippen LogP contribution in [0, 0.1) is 0 Å². The lowest BCUT2D eigenvalue weighted by molar-refractivity contribution is 0.387. The van der Waals surface area contributed by atoms with Gasteiger partial charge >= 0.3 is 5.76 Å². The largest absolute Gasteiger partial charge is 0.439 e. The van der Waals surface area contributed by atoms with Crippen LogP contribution >= 0.6 is 0 Å². The minimum Gasteiger partial charge on any atom is -0.296 e. The standard InChI is InChI=1S/C16H12N6O2/c23-16-20-15(21-24-16)13-6-12(17-8-18-13)9-1-4-14-10(5-9)7-19-22(14)11-2-3-11/h1,4-8,11H,2-3H2,(H,20,21,23). The van der Waals surface area contributed by atoms with Crippen molar-refractivity contribution < 1.29 is 4.52 Å². The van der Waals surface area contributed by atoms with Crippen LogP contribution in [0.1, 0.15) is 18.9 Å². The molecule has 118 valence electrons. The van der Waals surface area contributed by atoms with E-state index in [9.17, 15) is 4.79 Å². The van der Waals surface area contributed by atoms with Crippen LogP contribution in [0.5, 0.6) is 0 Å². The number of aromatic amines is 1. The average molecular weight is 320 g/mol. The Morgan fingerprint density at radius 3 is 2.83 bits per heavy atom. The number of nitrogens with one attached hydrogen (secondary N) is 1. The van der Waals surface area contributed by atoms with Gasteiger partial charge in [0, 0.05) is 10.9 Å². The van der Waals surface area contributed by atoms with Crippen LogP contribution < -0.4 is 5.76 Å². The molecule has 1 fully saturated rings. The number of benzene rings is 1. The van der Waals surface area contributed by atoms with E-state index in [-0.39, 0.29) is 5.82 Å². The van der Waals surface area contributed by atoms with Crippen molar-refractivity contribution in [2.24, 2.45) is 0 Å². The van der Waals surface area contributed by atoms with Crippen molar-refractivity contribution in [3.63, 3.8) is 0 Å². The SMILES string of the molecule is O=c1[nH]c(-c2cc(-c3ccc4c(cnn4C4CC4)c3)ncn2)no1. The van der Waals surface area contributed by atoms with E-state index >= 15 is 0 Å². The van der Waals surface area contributed by atoms with E-state index in [4.69, 9.17) is 0 Å². The van der Waals surface area contributed by atoms with Gasteiger partial charge in [0.2, 0.25) is 5.82 Å². The fourth-order valence-electron chi connectivity index (χ4n) is 2.81. The first-order valence-corrected chi connectivity index (χ1v) is 7.64. The smallest absolute Gasteiger partial charge is 0.296 e. The second kappa shape index (κ2) is 4.85. The summed E-state index contributed by atoms with van der Waals surface area (Å²) in [6.07, 6.45) is 5.72. The van der Waals surface area contributed by atoms with Crippen molar-refractivity contribution >= 4 is 10.9 Å². The highest BCUT2D eigenvalue weighted by atomic mass is 16.5. The average Bonchev–Trinajstić information content (AvgIpc) is 3.22. The van der Waals surface area contributed by atoms with E-state index in [2.05, 4.69) is 46.5 Å². The third-order valence-corrected chi connectivity index (χ3v) is 4.13. The summed E-state index contributed by atoms with van der Waals surface area (Å²) < 4.78 is 6.61. The van der Waals surface area contributed by atoms with Gasteiger partial charge in [-0.05, 0) is 31.0 Å². The summed E-state index contributed by atoms with van der Waals surface area (Å²) in [6.45, 7) is 0. The van der Waals surface area contributed by atoms with Gasteiger partial charge in [-0.1, -0.05) is 11.2 Å². The van der Waals surface area contributed by atoms with Crippen LogP contribution in [-0.2, 0) is 0 Å². The maximum atomic E-state index is 11.1.